The van der Waals surface area contributed by atoms with Gasteiger partial charge in [-0.15, -0.1) is 0 Å². The van der Waals surface area contributed by atoms with Crippen LogP contribution >= 0.6 is 11.8 Å². The minimum Gasteiger partial charge on any atom is -0.350 e. The highest BCUT2D eigenvalue weighted by Gasteiger charge is 2.24. The summed E-state index contributed by atoms with van der Waals surface area (Å²) in [5.74, 6) is 1.83. The molecular weight excluding hydrogens is 537 g/mol. The van der Waals surface area contributed by atoms with E-state index < -0.39 is 10.0 Å². The Balaban J connectivity index is 1.87. The molecule has 1 amide bonds. The van der Waals surface area contributed by atoms with Crippen LogP contribution in [0.3, 0.4) is 0 Å². The van der Waals surface area contributed by atoms with Crippen molar-refractivity contribution in [3.63, 3.8) is 0 Å². The van der Waals surface area contributed by atoms with E-state index in [0.717, 1.165) is 59.6 Å². The Morgan fingerprint density at radius 1 is 1.07 bits per heavy atom. The number of nitrogens with zero attached hydrogens (tertiary/aromatic N) is 1. The third kappa shape index (κ3) is 9.92. The largest absolute Gasteiger partial charge is 0.350 e. The Morgan fingerprint density at radius 3 is 2.52 bits per heavy atom. The number of carbonyl (C=O) groups is 1. The third-order valence-electron chi connectivity index (χ3n) is 8.15. The number of hydrogen-bond acceptors (Lipinski definition) is 4. The molecule has 0 aliphatic heterocycles. The molecule has 1 atom stereocenters. The van der Waals surface area contributed by atoms with Crippen LogP contribution in [-0.4, -0.2) is 49.0 Å². The summed E-state index contributed by atoms with van der Waals surface area (Å²) in [7, 11) is -3.37. The fourth-order valence-electron chi connectivity index (χ4n) is 5.66. The van der Waals surface area contributed by atoms with E-state index in [2.05, 4.69) is 24.6 Å². The molecule has 5 nitrogen and oxygen atoms in total. The number of nitrogens with one attached hydrogen (secondary N) is 1. The van der Waals surface area contributed by atoms with E-state index in [9.17, 15) is 13.2 Å². The van der Waals surface area contributed by atoms with Crippen molar-refractivity contribution in [1.82, 2.24) is 9.62 Å². The lowest BCUT2D eigenvalue weighted by atomic mass is 9.86. The molecule has 2 aromatic rings. The predicted octanol–water partition coefficient (Wildman–Crippen LogP) is 7.83. The van der Waals surface area contributed by atoms with E-state index in [-0.39, 0.29) is 17.7 Å². The Morgan fingerprint density at radius 2 is 1.82 bits per heavy atom. The zero-order chi connectivity index (χ0) is 29.0. The van der Waals surface area contributed by atoms with Crippen LogP contribution < -0.4 is 5.32 Å². The molecule has 1 aliphatic carbocycles. The molecule has 0 unspecified atom stereocenters. The van der Waals surface area contributed by atoms with E-state index >= 15 is 0 Å². The smallest absolute Gasteiger partial charge is 0.252 e. The second kappa shape index (κ2) is 16.6. The molecule has 0 heterocycles. The molecule has 3 rings (SSSR count). The van der Waals surface area contributed by atoms with Crippen LogP contribution in [-0.2, 0) is 16.6 Å². The second-order valence-electron chi connectivity index (χ2n) is 11.5. The quantitative estimate of drug-likeness (QED) is 0.218. The molecule has 0 aromatic heterocycles. The molecule has 222 valence electrons. The van der Waals surface area contributed by atoms with Crippen LogP contribution in [0.5, 0.6) is 0 Å². The summed E-state index contributed by atoms with van der Waals surface area (Å²) < 4.78 is 28.6. The summed E-state index contributed by atoms with van der Waals surface area (Å²) in [6.45, 7) is 7.02. The minimum absolute atomic E-state index is 0.0766. The highest BCUT2D eigenvalue weighted by Crippen LogP contribution is 2.30. The molecule has 0 saturated heterocycles. The SMILES string of the molecule is CCCCS(=O)(=O)N(CCCC1CCCCC1)Cc1ccc(C(=O)N[C@H](C)CCSC)c(-c2ccccc2C)c1. The van der Waals surface area contributed by atoms with Crippen LogP contribution in [0.4, 0.5) is 0 Å². The van der Waals surface area contributed by atoms with Crippen molar-refractivity contribution in [2.24, 2.45) is 5.92 Å². The molecule has 7 heteroatoms. The maximum atomic E-state index is 13.4. The van der Waals surface area contributed by atoms with Crippen molar-refractivity contribution in [1.29, 1.82) is 0 Å². The molecule has 1 saturated carbocycles. The fraction of sp³-hybridized carbons (Fsp3) is 0.606. The first-order valence-corrected chi connectivity index (χ1v) is 18.2. The number of rotatable bonds is 16. The number of benzene rings is 2. The van der Waals surface area contributed by atoms with Gasteiger partial charge in [-0.05, 0) is 91.8 Å². The van der Waals surface area contributed by atoms with Gasteiger partial charge in [-0.25, -0.2) is 8.42 Å². The summed E-state index contributed by atoms with van der Waals surface area (Å²) in [6, 6.07) is 14.0. The third-order valence-corrected chi connectivity index (χ3v) is 10.7. The molecule has 0 bridgehead atoms. The van der Waals surface area contributed by atoms with E-state index in [1.165, 1.54) is 32.1 Å². The lowest BCUT2D eigenvalue weighted by Gasteiger charge is -2.25. The molecule has 1 aliphatic rings. The van der Waals surface area contributed by atoms with Crippen molar-refractivity contribution in [3.05, 3.63) is 59.2 Å². The van der Waals surface area contributed by atoms with Gasteiger partial charge in [-0.2, -0.15) is 16.1 Å². The van der Waals surface area contributed by atoms with Gasteiger partial charge in [0, 0.05) is 24.7 Å². The first-order chi connectivity index (χ1) is 19.2. The summed E-state index contributed by atoms with van der Waals surface area (Å²) in [5, 5.41) is 3.17. The first-order valence-electron chi connectivity index (χ1n) is 15.2. The average molecular weight is 587 g/mol. The van der Waals surface area contributed by atoms with Gasteiger partial charge in [0.2, 0.25) is 10.0 Å². The van der Waals surface area contributed by atoms with Gasteiger partial charge >= 0.3 is 0 Å². The molecule has 40 heavy (non-hydrogen) atoms. The number of aryl methyl sites for hydroxylation is 1. The molecule has 0 radical (unpaired) electrons. The lowest BCUT2D eigenvalue weighted by molar-refractivity contribution is 0.0940. The van der Waals surface area contributed by atoms with Crippen molar-refractivity contribution in [2.45, 2.75) is 97.6 Å². The second-order valence-corrected chi connectivity index (χ2v) is 14.6. The topological polar surface area (TPSA) is 66.5 Å². The van der Waals surface area contributed by atoms with Crippen molar-refractivity contribution >= 4 is 27.7 Å². The number of sulfonamides is 1. The van der Waals surface area contributed by atoms with E-state index in [1.807, 2.05) is 50.2 Å². The van der Waals surface area contributed by atoms with Gasteiger partial charge in [-0.1, -0.05) is 75.8 Å². The van der Waals surface area contributed by atoms with Gasteiger partial charge in [0.15, 0.2) is 0 Å². The number of thioether (sulfide) groups is 1. The number of hydrogen-bond donors (Lipinski definition) is 1. The van der Waals surface area contributed by atoms with Gasteiger partial charge in [-0.3, -0.25) is 4.79 Å². The summed E-state index contributed by atoms with van der Waals surface area (Å²) >= 11 is 1.78. The molecule has 1 N–H and O–H groups in total. The van der Waals surface area contributed by atoms with Crippen molar-refractivity contribution < 1.29 is 13.2 Å². The van der Waals surface area contributed by atoms with Gasteiger partial charge < -0.3 is 5.32 Å². The van der Waals surface area contributed by atoms with E-state index in [4.69, 9.17) is 0 Å². The standard InChI is InChI=1S/C33H50N2O3S2/c1-5-6-23-40(37,38)35(21-12-16-28-14-8-7-9-15-28)25-29-18-19-31(33(36)34-27(3)20-22-39-4)32(24-29)30-17-11-10-13-26(30)2/h10-11,13,17-19,24,27-28H,5-9,12,14-16,20-23,25H2,1-4H3,(H,34,36)/t27-/m1/s1. The lowest BCUT2D eigenvalue weighted by Crippen LogP contribution is -2.34. The fourth-order valence-corrected chi connectivity index (χ4v) is 7.92. The highest BCUT2D eigenvalue weighted by molar-refractivity contribution is 7.98. The van der Waals surface area contributed by atoms with Crippen LogP contribution in [0, 0.1) is 12.8 Å². The Kier molecular flexibility index (Phi) is 13.5. The monoisotopic (exact) mass is 586 g/mol. The molecule has 1 fully saturated rings. The Hall–Kier alpha value is -1.83. The molecular formula is C33H50N2O3S2. The average Bonchev–Trinajstić information content (AvgIpc) is 2.95. The van der Waals surface area contributed by atoms with Gasteiger partial charge in [0.25, 0.3) is 5.91 Å². The maximum Gasteiger partial charge on any atom is 0.252 e. The van der Waals surface area contributed by atoms with Crippen molar-refractivity contribution in [3.8, 4) is 11.1 Å². The summed E-state index contributed by atoms with van der Waals surface area (Å²) in [5.41, 5.74) is 4.50. The zero-order valence-corrected chi connectivity index (χ0v) is 26.7. The van der Waals surface area contributed by atoms with Crippen LogP contribution in [0.25, 0.3) is 11.1 Å². The number of carbonyl (C=O) groups excluding carboxylic acids is 1. The Labute approximate surface area is 248 Å². The number of unbranched alkanes of at least 4 members (excludes halogenated alkanes) is 1. The van der Waals surface area contributed by atoms with Crippen LogP contribution in [0.2, 0.25) is 0 Å². The van der Waals surface area contributed by atoms with Crippen LogP contribution in [0.15, 0.2) is 42.5 Å². The normalized spacial score (nSPS) is 15.3. The first kappa shape index (κ1) is 32.7. The number of amides is 1. The zero-order valence-electron chi connectivity index (χ0n) is 25.1. The minimum atomic E-state index is -3.37. The van der Waals surface area contributed by atoms with Gasteiger partial charge in [0.1, 0.15) is 0 Å². The summed E-state index contributed by atoms with van der Waals surface area (Å²) in [6.07, 6.45) is 13.0. The summed E-state index contributed by atoms with van der Waals surface area (Å²) in [4.78, 5) is 13.4. The molecule has 0 spiro atoms. The van der Waals surface area contributed by atoms with E-state index in [1.54, 1.807) is 16.1 Å². The molecule has 2 aromatic carbocycles. The van der Waals surface area contributed by atoms with Gasteiger partial charge in [0.05, 0.1) is 5.75 Å². The van der Waals surface area contributed by atoms with Crippen molar-refractivity contribution in [2.75, 3.05) is 24.3 Å². The maximum absolute atomic E-state index is 13.4. The van der Waals surface area contributed by atoms with Crippen LogP contribution in [0.1, 0.15) is 99.5 Å². The Bertz CT molecular complexity index is 1180. The van der Waals surface area contributed by atoms with E-state index in [0.29, 0.717) is 25.1 Å². The predicted molar refractivity (Wildman–Crippen MR) is 171 cm³/mol. The highest BCUT2D eigenvalue weighted by atomic mass is 32.2.